The van der Waals surface area contributed by atoms with E-state index in [9.17, 15) is 9.59 Å². The highest BCUT2D eigenvalue weighted by Gasteiger charge is 2.27. The summed E-state index contributed by atoms with van der Waals surface area (Å²) >= 11 is 3.46. The lowest BCUT2D eigenvalue weighted by molar-refractivity contribution is -0.123. The second kappa shape index (κ2) is 9.92. The number of nitrogens with zero attached hydrogens (tertiary/aromatic N) is 5. The van der Waals surface area contributed by atoms with Crippen LogP contribution in [-0.2, 0) is 16.1 Å². The van der Waals surface area contributed by atoms with Crippen molar-refractivity contribution in [3.05, 3.63) is 52.6 Å². The molecule has 1 fully saturated rings. The number of halogens is 1. The molecule has 2 amide bonds. The quantitative estimate of drug-likeness (QED) is 0.542. The van der Waals surface area contributed by atoms with Crippen molar-refractivity contribution in [1.82, 2.24) is 19.9 Å². The van der Waals surface area contributed by atoms with Crippen molar-refractivity contribution in [3.8, 4) is 0 Å². The van der Waals surface area contributed by atoms with E-state index < -0.39 is 5.41 Å². The average molecular weight is 527 g/mol. The molecule has 0 saturated carbocycles. The van der Waals surface area contributed by atoms with E-state index in [1.165, 1.54) is 0 Å². The van der Waals surface area contributed by atoms with Crippen molar-refractivity contribution in [2.45, 2.75) is 27.4 Å². The summed E-state index contributed by atoms with van der Waals surface area (Å²) in [6, 6.07) is 11.5. The summed E-state index contributed by atoms with van der Waals surface area (Å²) in [5, 5.41) is 3.57. The lowest BCUT2D eigenvalue weighted by atomic mass is 9.96. The summed E-state index contributed by atoms with van der Waals surface area (Å²) in [6.45, 7) is 7.83. The van der Waals surface area contributed by atoms with Crippen LogP contribution in [0.25, 0.3) is 11.0 Å². The molecular weight excluding hydrogens is 500 g/mol. The van der Waals surface area contributed by atoms with Gasteiger partial charge in [-0.3, -0.25) is 10.1 Å². The normalized spacial score (nSPS) is 14.2. The van der Waals surface area contributed by atoms with Gasteiger partial charge in [0.1, 0.15) is 12.4 Å². The number of anilines is 2. The van der Waals surface area contributed by atoms with Gasteiger partial charge in [0.25, 0.3) is 0 Å². The molecule has 34 heavy (non-hydrogen) atoms. The number of carbonyl (C=O) groups is 2. The molecule has 0 unspecified atom stereocenters. The molecule has 10 heteroatoms. The second-order valence-electron chi connectivity index (χ2n) is 9.11. The van der Waals surface area contributed by atoms with Crippen molar-refractivity contribution in [3.63, 3.8) is 0 Å². The standard InChI is InChI=1S/C24H27BrN6O3/c1-24(2,3)21(32)29-22-27-19-18(13-17(25)14-26-19)20(28-22)30-9-11-31(12-10-30)23(33)34-15-16-7-5-4-6-8-16/h4-8,13-14H,9-12,15H2,1-3H3,(H,26,27,28,29,32). The summed E-state index contributed by atoms with van der Waals surface area (Å²) in [5.74, 6) is 0.697. The molecule has 0 radical (unpaired) electrons. The third-order valence-corrected chi connectivity index (χ3v) is 5.88. The van der Waals surface area contributed by atoms with Gasteiger partial charge in [-0.25, -0.2) is 9.78 Å². The Morgan fingerprint density at radius 1 is 1.09 bits per heavy atom. The van der Waals surface area contributed by atoms with Crippen molar-refractivity contribution in [2.24, 2.45) is 5.41 Å². The van der Waals surface area contributed by atoms with Crippen LogP contribution in [0, 0.1) is 5.41 Å². The van der Waals surface area contributed by atoms with Gasteiger partial charge < -0.3 is 14.5 Å². The van der Waals surface area contributed by atoms with Gasteiger partial charge in [0, 0.05) is 42.3 Å². The number of hydrogen-bond donors (Lipinski definition) is 1. The van der Waals surface area contributed by atoms with Gasteiger partial charge in [0.05, 0.1) is 5.39 Å². The van der Waals surface area contributed by atoms with Crippen LogP contribution >= 0.6 is 15.9 Å². The fourth-order valence-corrected chi connectivity index (χ4v) is 3.80. The summed E-state index contributed by atoms with van der Waals surface area (Å²) in [6.07, 6.45) is 1.33. The lowest BCUT2D eigenvalue weighted by Gasteiger charge is -2.35. The van der Waals surface area contributed by atoms with E-state index in [0.717, 1.165) is 15.4 Å². The Kier molecular flexibility index (Phi) is 6.97. The van der Waals surface area contributed by atoms with Gasteiger partial charge in [0.2, 0.25) is 11.9 Å². The number of benzene rings is 1. The summed E-state index contributed by atoms with van der Waals surface area (Å²) < 4.78 is 6.27. The first-order valence-electron chi connectivity index (χ1n) is 11.1. The zero-order chi connectivity index (χ0) is 24.3. The molecule has 1 aliphatic heterocycles. The van der Waals surface area contributed by atoms with Gasteiger partial charge in [-0.2, -0.15) is 9.97 Å². The van der Waals surface area contributed by atoms with Crippen molar-refractivity contribution >= 4 is 50.7 Å². The van der Waals surface area contributed by atoms with E-state index in [1.54, 1.807) is 11.1 Å². The number of piperazine rings is 1. The van der Waals surface area contributed by atoms with Crippen molar-refractivity contribution in [1.29, 1.82) is 0 Å². The minimum Gasteiger partial charge on any atom is -0.445 e. The predicted octanol–water partition coefficient (Wildman–Crippen LogP) is 4.23. The van der Waals surface area contributed by atoms with Crippen LogP contribution in [0.3, 0.4) is 0 Å². The number of amides is 2. The molecule has 0 bridgehead atoms. The minimum atomic E-state index is -0.586. The monoisotopic (exact) mass is 526 g/mol. The first-order valence-corrected chi connectivity index (χ1v) is 11.9. The summed E-state index contributed by atoms with van der Waals surface area (Å²) in [7, 11) is 0. The minimum absolute atomic E-state index is 0.180. The molecule has 1 aromatic carbocycles. The molecule has 3 aromatic rings. The Labute approximate surface area is 206 Å². The Balaban J connectivity index is 1.49. The maximum absolute atomic E-state index is 12.5. The number of nitrogens with one attached hydrogen (secondary N) is 1. The van der Waals surface area contributed by atoms with Crippen LogP contribution in [0.2, 0.25) is 0 Å². The zero-order valence-electron chi connectivity index (χ0n) is 19.4. The van der Waals surface area contributed by atoms with Crippen molar-refractivity contribution < 1.29 is 14.3 Å². The number of ether oxygens (including phenoxy) is 1. The fraction of sp³-hybridized carbons (Fsp3) is 0.375. The third kappa shape index (κ3) is 5.61. The summed E-state index contributed by atoms with van der Waals surface area (Å²) in [5.41, 5.74) is 0.851. The molecule has 1 aliphatic rings. The van der Waals surface area contributed by atoms with Crippen LogP contribution in [0.15, 0.2) is 47.1 Å². The molecule has 3 heterocycles. The molecule has 0 atom stereocenters. The molecule has 9 nitrogen and oxygen atoms in total. The number of fused-ring (bicyclic) bond motifs is 1. The molecule has 0 aliphatic carbocycles. The third-order valence-electron chi connectivity index (χ3n) is 5.45. The Morgan fingerprint density at radius 2 is 1.79 bits per heavy atom. The van der Waals surface area contributed by atoms with Gasteiger partial charge in [-0.1, -0.05) is 51.1 Å². The van der Waals surface area contributed by atoms with E-state index in [4.69, 9.17) is 4.74 Å². The highest BCUT2D eigenvalue weighted by Crippen LogP contribution is 2.28. The number of aromatic nitrogens is 3. The van der Waals surface area contributed by atoms with E-state index in [1.807, 2.05) is 57.2 Å². The lowest BCUT2D eigenvalue weighted by Crippen LogP contribution is -2.49. The predicted molar refractivity (Wildman–Crippen MR) is 134 cm³/mol. The maximum Gasteiger partial charge on any atom is 0.410 e. The average Bonchev–Trinajstić information content (AvgIpc) is 2.82. The highest BCUT2D eigenvalue weighted by atomic mass is 79.9. The van der Waals surface area contributed by atoms with Crippen LogP contribution in [-0.4, -0.2) is 58.0 Å². The number of carbonyl (C=O) groups excluding carboxylic acids is 2. The fourth-order valence-electron chi connectivity index (χ4n) is 3.47. The van der Waals surface area contributed by atoms with E-state index >= 15 is 0 Å². The molecule has 0 spiro atoms. The van der Waals surface area contributed by atoms with Gasteiger partial charge in [-0.15, -0.1) is 0 Å². The van der Waals surface area contributed by atoms with E-state index in [2.05, 4.69) is 41.1 Å². The topological polar surface area (TPSA) is 101 Å². The van der Waals surface area contributed by atoms with Crippen LogP contribution < -0.4 is 10.2 Å². The Hall–Kier alpha value is -3.27. The first-order chi connectivity index (χ1) is 16.2. The van der Waals surface area contributed by atoms with Crippen LogP contribution in [0.5, 0.6) is 0 Å². The first kappa shape index (κ1) is 23.9. The molecule has 1 saturated heterocycles. The van der Waals surface area contributed by atoms with Gasteiger partial charge in [-0.05, 0) is 27.6 Å². The number of pyridine rings is 1. The number of hydrogen-bond acceptors (Lipinski definition) is 7. The Morgan fingerprint density at radius 3 is 2.47 bits per heavy atom. The maximum atomic E-state index is 12.5. The van der Waals surface area contributed by atoms with Gasteiger partial charge in [0.15, 0.2) is 5.65 Å². The van der Waals surface area contributed by atoms with E-state index in [0.29, 0.717) is 37.6 Å². The van der Waals surface area contributed by atoms with Gasteiger partial charge >= 0.3 is 6.09 Å². The second-order valence-corrected chi connectivity index (χ2v) is 10.0. The largest absolute Gasteiger partial charge is 0.445 e. The Bertz CT molecular complexity index is 1190. The molecule has 1 N–H and O–H groups in total. The molecular formula is C24H27BrN6O3. The van der Waals surface area contributed by atoms with E-state index in [-0.39, 0.29) is 24.6 Å². The SMILES string of the molecule is CC(C)(C)C(=O)Nc1nc(N2CCN(C(=O)OCc3ccccc3)CC2)c2cc(Br)cnc2n1. The van der Waals surface area contributed by atoms with Crippen LogP contribution in [0.4, 0.5) is 16.6 Å². The highest BCUT2D eigenvalue weighted by molar-refractivity contribution is 9.10. The number of rotatable bonds is 4. The molecule has 178 valence electrons. The molecule has 2 aromatic heterocycles. The molecule has 4 rings (SSSR count). The summed E-state index contributed by atoms with van der Waals surface area (Å²) in [4.78, 5) is 42.3. The van der Waals surface area contributed by atoms with Crippen LogP contribution in [0.1, 0.15) is 26.3 Å². The van der Waals surface area contributed by atoms with Crippen molar-refractivity contribution in [2.75, 3.05) is 36.4 Å². The zero-order valence-corrected chi connectivity index (χ0v) is 21.0. The smallest absolute Gasteiger partial charge is 0.410 e.